The lowest BCUT2D eigenvalue weighted by Crippen LogP contribution is -2.22. The van der Waals surface area contributed by atoms with Gasteiger partial charge < -0.3 is 10.6 Å². The van der Waals surface area contributed by atoms with Crippen LogP contribution >= 0.6 is 22.6 Å². The third kappa shape index (κ3) is 3.36. The molecule has 31 heavy (non-hydrogen) atoms. The summed E-state index contributed by atoms with van der Waals surface area (Å²) in [4.78, 5) is 15.6. The number of rotatable bonds is 2. The molecule has 0 bridgehead atoms. The van der Waals surface area contributed by atoms with Crippen molar-refractivity contribution in [2.24, 2.45) is 0 Å². The number of hydrogen-bond donors (Lipinski definition) is 1. The topological polar surface area (TPSA) is 122 Å². The smallest absolute Gasteiger partial charge is 0.158 e. The number of hydrogen-bond acceptors (Lipinski definition) is 8. The Kier molecular flexibility index (Phi) is 4.74. The summed E-state index contributed by atoms with van der Waals surface area (Å²) in [6.45, 7) is 2.57. The first-order valence-electron chi connectivity index (χ1n) is 9.48. The Labute approximate surface area is 191 Å². The number of benzene rings is 1. The highest BCUT2D eigenvalue weighted by Gasteiger charge is 2.30. The van der Waals surface area contributed by atoms with Crippen LogP contribution in [0.4, 0.5) is 17.3 Å². The molecule has 2 N–H and O–H groups in total. The van der Waals surface area contributed by atoms with E-state index < -0.39 is 0 Å². The first-order chi connectivity index (χ1) is 15.0. The first-order valence-corrected chi connectivity index (χ1v) is 10.7. The molecule has 3 aromatic heterocycles. The van der Waals surface area contributed by atoms with E-state index in [9.17, 15) is 0 Å². The highest BCUT2D eigenvalue weighted by molar-refractivity contribution is 14.1. The zero-order valence-electron chi connectivity index (χ0n) is 16.4. The van der Waals surface area contributed by atoms with E-state index >= 15 is 0 Å². The molecule has 0 spiro atoms. The van der Waals surface area contributed by atoms with Gasteiger partial charge in [-0.2, -0.15) is 5.26 Å². The molecule has 0 radical (unpaired) electrons. The summed E-state index contributed by atoms with van der Waals surface area (Å²) in [7, 11) is 0. The summed E-state index contributed by atoms with van der Waals surface area (Å²) in [5, 5.41) is 17.9. The first kappa shape index (κ1) is 19.4. The SMILES string of the molecule is Cc1nnc2n1-c1ccc(-c3cnc(N)cn3)nc1N(c1ccc(C#N)cc1)C[C@H]2I. The largest absolute Gasteiger partial charge is 0.382 e. The number of anilines is 3. The number of halogens is 1. The van der Waals surface area contributed by atoms with E-state index in [0.717, 1.165) is 28.8 Å². The summed E-state index contributed by atoms with van der Waals surface area (Å²) in [5.74, 6) is 2.78. The summed E-state index contributed by atoms with van der Waals surface area (Å²) >= 11 is 2.38. The number of aryl methyl sites for hydroxylation is 1. The molecule has 0 unspecified atom stereocenters. The lowest BCUT2D eigenvalue weighted by atomic mass is 10.2. The summed E-state index contributed by atoms with van der Waals surface area (Å²) < 4.78 is 2.12. The van der Waals surface area contributed by atoms with Crippen LogP contribution in [0.25, 0.3) is 17.1 Å². The minimum atomic E-state index is 0.0726. The summed E-state index contributed by atoms with van der Waals surface area (Å²) in [6.07, 6.45) is 3.13. The van der Waals surface area contributed by atoms with Gasteiger partial charge in [0, 0.05) is 12.2 Å². The average Bonchev–Trinajstić information content (AvgIpc) is 3.13. The molecule has 4 heterocycles. The quantitative estimate of drug-likeness (QED) is 0.314. The number of nitriles is 1. The number of alkyl halides is 1. The highest BCUT2D eigenvalue weighted by atomic mass is 127. The molecule has 0 saturated carbocycles. The van der Waals surface area contributed by atoms with Gasteiger partial charge in [0.15, 0.2) is 11.6 Å². The van der Waals surface area contributed by atoms with E-state index in [4.69, 9.17) is 16.0 Å². The van der Waals surface area contributed by atoms with E-state index in [1.54, 1.807) is 6.20 Å². The molecule has 9 nitrogen and oxygen atoms in total. The summed E-state index contributed by atoms with van der Waals surface area (Å²) in [6, 6.07) is 13.6. The van der Waals surface area contributed by atoms with Crippen molar-refractivity contribution in [3.05, 3.63) is 66.0 Å². The van der Waals surface area contributed by atoms with Crippen molar-refractivity contribution < 1.29 is 0 Å². The average molecular weight is 521 g/mol. The minimum absolute atomic E-state index is 0.0726. The van der Waals surface area contributed by atoms with Crippen LogP contribution in [-0.4, -0.2) is 36.3 Å². The van der Waals surface area contributed by atoms with Crippen molar-refractivity contribution in [1.29, 1.82) is 5.26 Å². The van der Waals surface area contributed by atoms with Gasteiger partial charge in [0.2, 0.25) is 0 Å². The fraction of sp³-hybridized carbons (Fsp3) is 0.143. The van der Waals surface area contributed by atoms with Gasteiger partial charge in [-0.1, -0.05) is 22.6 Å². The Morgan fingerprint density at radius 2 is 1.87 bits per heavy atom. The Balaban J connectivity index is 1.72. The zero-order chi connectivity index (χ0) is 21.5. The molecule has 0 amide bonds. The Morgan fingerprint density at radius 3 is 2.58 bits per heavy atom. The predicted octanol–water partition coefficient (Wildman–Crippen LogP) is 3.51. The summed E-state index contributed by atoms with van der Waals surface area (Å²) in [5.41, 5.74) is 9.43. The standard InChI is InChI=1S/C21H16IN9/c1-12-28-29-20-15(22)11-30(14-4-2-13(8-23)3-5-14)21-18(31(12)20)7-6-16(27-21)17-9-26-19(24)10-25-17/h2-7,9-10,15H,11H2,1H3,(H2,24,26)/t15-/m1/s1. The second-order valence-electron chi connectivity index (χ2n) is 7.04. The predicted molar refractivity (Wildman–Crippen MR) is 124 cm³/mol. The van der Waals surface area contributed by atoms with Crippen LogP contribution in [-0.2, 0) is 0 Å². The molecule has 10 heteroatoms. The third-order valence-corrected chi connectivity index (χ3v) is 6.02. The fourth-order valence-corrected chi connectivity index (χ4v) is 4.38. The number of pyridine rings is 1. The molecular weight excluding hydrogens is 505 g/mol. The van der Waals surface area contributed by atoms with Gasteiger partial charge in [0.25, 0.3) is 0 Å². The molecule has 0 fully saturated rings. The lowest BCUT2D eigenvalue weighted by molar-refractivity contribution is 0.840. The molecule has 152 valence electrons. The molecule has 1 aliphatic heterocycles. The molecule has 5 rings (SSSR count). The zero-order valence-corrected chi connectivity index (χ0v) is 18.6. The number of nitrogen functional groups attached to an aromatic ring is 1. The maximum absolute atomic E-state index is 9.17. The Hall–Kier alpha value is -3.59. The van der Waals surface area contributed by atoms with E-state index in [1.165, 1.54) is 6.20 Å². The third-order valence-electron chi connectivity index (χ3n) is 5.07. The molecule has 1 atom stereocenters. The number of nitrogens with two attached hydrogens (primary N) is 1. The van der Waals surface area contributed by atoms with Gasteiger partial charge in [-0.25, -0.2) is 15.0 Å². The van der Waals surface area contributed by atoms with Gasteiger partial charge in [-0.05, 0) is 43.3 Å². The van der Waals surface area contributed by atoms with Crippen molar-refractivity contribution in [1.82, 2.24) is 29.7 Å². The monoisotopic (exact) mass is 521 g/mol. The van der Waals surface area contributed by atoms with E-state index in [0.29, 0.717) is 29.3 Å². The van der Waals surface area contributed by atoms with Crippen LogP contribution in [0.3, 0.4) is 0 Å². The van der Waals surface area contributed by atoms with Crippen LogP contribution in [0.5, 0.6) is 0 Å². The lowest BCUT2D eigenvalue weighted by Gasteiger charge is -2.25. The van der Waals surface area contributed by atoms with Crippen molar-refractivity contribution in [3.8, 4) is 23.1 Å². The molecular formula is C21H16IN9. The second-order valence-corrected chi connectivity index (χ2v) is 8.55. The number of aromatic nitrogens is 6. The van der Waals surface area contributed by atoms with Gasteiger partial charge in [-0.15, -0.1) is 10.2 Å². The molecule has 1 aliphatic rings. The van der Waals surface area contributed by atoms with Crippen molar-refractivity contribution >= 4 is 39.9 Å². The van der Waals surface area contributed by atoms with E-state index in [2.05, 4.69) is 53.7 Å². The highest BCUT2D eigenvalue weighted by Crippen LogP contribution is 2.40. The molecule has 0 saturated heterocycles. The molecule has 1 aromatic carbocycles. The van der Waals surface area contributed by atoms with Crippen LogP contribution in [0.1, 0.15) is 21.1 Å². The van der Waals surface area contributed by atoms with E-state index in [-0.39, 0.29) is 3.92 Å². The fourth-order valence-electron chi connectivity index (χ4n) is 3.58. The van der Waals surface area contributed by atoms with Crippen LogP contribution in [0.15, 0.2) is 48.8 Å². The van der Waals surface area contributed by atoms with Crippen molar-refractivity contribution in [3.63, 3.8) is 0 Å². The number of nitrogens with zero attached hydrogens (tertiary/aromatic N) is 8. The maximum Gasteiger partial charge on any atom is 0.158 e. The Morgan fingerprint density at radius 1 is 1.06 bits per heavy atom. The van der Waals surface area contributed by atoms with Crippen LogP contribution in [0, 0.1) is 18.3 Å². The Bertz CT molecular complexity index is 1310. The number of fused-ring (bicyclic) bond motifs is 3. The van der Waals surface area contributed by atoms with E-state index in [1.807, 2.05) is 47.9 Å². The van der Waals surface area contributed by atoms with Crippen molar-refractivity contribution in [2.75, 3.05) is 17.2 Å². The molecule has 4 aromatic rings. The molecule has 0 aliphatic carbocycles. The van der Waals surface area contributed by atoms with Crippen LogP contribution < -0.4 is 10.6 Å². The van der Waals surface area contributed by atoms with Gasteiger partial charge >= 0.3 is 0 Å². The second kappa shape index (κ2) is 7.59. The van der Waals surface area contributed by atoms with Gasteiger partial charge in [-0.3, -0.25) is 4.57 Å². The minimum Gasteiger partial charge on any atom is -0.382 e. The van der Waals surface area contributed by atoms with Crippen molar-refractivity contribution in [2.45, 2.75) is 10.8 Å². The van der Waals surface area contributed by atoms with Gasteiger partial charge in [0.1, 0.15) is 17.3 Å². The maximum atomic E-state index is 9.17. The normalized spacial score (nSPS) is 15.0. The van der Waals surface area contributed by atoms with Crippen LogP contribution in [0.2, 0.25) is 0 Å². The van der Waals surface area contributed by atoms with Gasteiger partial charge in [0.05, 0.1) is 39.3 Å².